The van der Waals surface area contributed by atoms with E-state index in [1.54, 1.807) is 10.6 Å². The molecule has 1 amide bonds. The van der Waals surface area contributed by atoms with Gasteiger partial charge in [0.2, 0.25) is 0 Å². The number of benzene rings is 2. The average Bonchev–Trinajstić information content (AvgIpc) is 3.36. The van der Waals surface area contributed by atoms with E-state index in [1.165, 1.54) is 24.8 Å². The Balaban J connectivity index is 1.76. The molecule has 0 aliphatic rings. The van der Waals surface area contributed by atoms with Crippen LogP contribution < -0.4 is 26.6 Å². The molecule has 2 heterocycles. The Morgan fingerprint density at radius 3 is 2.44 bits per heavy atom. The molecule has 0 radical (unpaired) electrons. The number of carbonyl (C=O) groups is 1. The number of halogens is 1. The molecule has 3 N–H and O–H groups in total. The van der Waals surface area contributed by atoms with E-state index in [4.69, 9.17) is 22.1 Å². The Morgan fingerprint density at radius 2 is 1.79 bits per heavy atom. The van der Waals surface area contributed by atoms with Crippen LogP contribution in [0.1, 0.15) is 15.9 Å². The Labute approximate surface area is 199 Å². The lowest BCUT2D eigenvalue weighted by Crippen LogP contribution is -2.39. The number of aromatic amines is 1. The molecule has 9 nitrogen and oxygen atoms in total. The number of nitrogens with zero attached hydrogens (tertiary/aromatic N) is 3. The van der Waals surface area contributed by atoms with E-state index >= 15 is 0 Å². The van der Waals surface area contributed by atoms with Gasteiger partial charge in [-0.15, -0.1) is 0 Å². The molecule has 0 spiro atoms. The van der Waals surface area contributed by atoms with Gasteiger partial charge in [-0.1, -0.05) is 41.9 Å². The average molecular weight is 480 g/mol. The fourth-order valence-corrected chi connectivity index (χ4v) is 3.94. The lowest BCUT2D eigenvalue weighted by Gasteiger charge is -2.22. The zero-order valence-electron chi connectivity index (χ0n) is 18.5. The zero-order valence-corrected chi connectivity index (χ0v) is 19.2. The summed E-state index contributed by atoms with van der Waals surface area (Å²) in [6.45, 7) is 0.123. The summed E-state index contributed by atoms with van der Waals surface area (Å²) in [5, 5.41) is 0.310. The third-order valence-electron chi connectivity index (χ3n) is 5.42. The van der Waals surface area contributed by atoms with Crippen LogP contribution in [0.2, 0.25) is 5.02 Å². The molecule has 2 aromatic carbocycles. The van der Waals surface area contributed by atoms with Crippen LogP contribution in [0.3, 0.4) is 0 Å². The van der Waals surface area contributed by atoms with Gasteiger partial charge in [0.05, 0.1) is 29.9 Å². The SMILES string of the molecule is COc1cc(-n2cccc2)c(Cl)cc1C(=O)N(C)c1c(N)n(Cc2ccccc2)c(=O)[nH]c1=O. The highest BCUT2D eigenvalue weighted by atomic mass is 35.5. The van der Waals surface area contributed by atoms with Crippen molar-refractivity contribution in [1.82, 2.24) is 14.1 Å². The number of hydrogen-bond acceptors (Lipinski definition) is 5. The molecule has 2 aromatic heterocycles. The molecule has 174 valence electrons. The number of nitrogens with one attached hydrogen (secondary N) is 1. The number of rotatable bonds is 6. The van der Waals surface area contributed by atoms with E-state index in [0.29, 0.717) is 10.7 Å². The van der Waals surface area contributed by atoms with Gasteiger partial charge < -0.3 is 19.9 Å². The Kier molecular flexibility index (Phi) is 6.29. The van der Waals surface area contributed by atoms with E-state index in [9.17, 15) is 14.4 Å². The van der Waals surface area contributed by atoms with Gasteiger partial charge in [-0.2, -0.15) is 0 Å². The third kappa shape index (κ3) is 4.20. The van der Waals surface area contributed by atoms with Gasteiger partial charge in [-0.05, 0) is 23.8 Å². The van der Waals surface area contributed by atoms with E-state index in [2.05, 4.69) is 4.98 Å². The smallest absolute Gasteiger partial charge is 0.330 e. The van der Waals surface area contributed by atoms with Crippen molar-refractivity contribution in [1.29, 1.82) is 0 Å². The Morgan fingerprint density at radius 1 is 1.12 bits per heavy atom. The standard InChI is InChI=1S/C24H22ClN5O4/c1-28(20-21(26)30(24(33)27-22(20)31)14-15-8-4-3-5-9-15)23(32)16-12-17(25)18(13-19(16)34-2)29-10-6-7-11-29/h3-13H,14,26H2,1-2H3,(H,27,31,33). The molecule has 10 heteroatoms. The van der Waals surface area contributed by atoms with Crippen LogP contribution in [0.4, 0.5) is 11.5 Å². The van der Waals surface area contributed by atoms with Gasteiger partial charge in [0.1, 0.15) is 11.6 Å². The molecular weight excluding hydrogens is 458 g/mol. The number of hydrogen-bond donors (Lipinski definition) is 2. The summed E-state index contributed by atoms with van der Waals surface area (Å²) in [7, 11) is 2.83. The summed E-state index contributed by atoms with van der Waals surface area (Å²) < 4.78 is 8.42. The highest BCUT2D eigenvalue weighted by molar-refractivity contribution is 6.33. The van der Waals surface area contributed by atoms with Crippen molar-refractivity contribution in [2.45, 2.75) is 6.54 Å². The second-order valence-corrected chi connectivity index (χ2v) is 7.93. The Bertz CT molecular complexity index is 1460. The number of amides is 1. The van der Waals surface area contributed by atoms with Crippen molar-refractivity contribution in [3.63, 3.8) is 0 Å². The lowest BCUT2D eigenvalue weighted by atomic mass is 10.1. The summed E-state index contributed by atoms with van der Waals surface area (Å²) >= 11 is 6.46. The van der Waals surface area contributed by atoms with Crippen molar-refractivity contribution < 1.29 is 9.53 Å². The van der Waals surface area contributed by atoms with Gasteiger partial charge in [0, 0.05) is 25.5 Å². The number of anilines is 2. The molecular formula is C24H22ClN5O4. The largest absolute Gasteiger partial charge is 0.496 e. The summed E-state index contributed by atoms with van der Waals surface area (Å²) in [6.07, 6.45) is 3.62. The summed E-state index contributed by atoms with van der Waals surface area (Å²) in [6, 6.07) is 15.9. The predicted octanol–water partition coefficient (Wildman–Crippen LogP) is 2.90. The number of nitrogen functional groups attached to an aromatic ring is 1. The van der Waals surface area contributed by atoms with Crippen LogP contribution in [-0.4, -0.2) is 34.2 Å². The van der Waals surface area contributed by atoms with Crippen LogP contribution >= 0.6 is 11.6 Å². The van der Waals surface area contributed by atoms with E-state index in [0.717, 1.165) is 10.5 Å². The molecule has 0 atom stereocenters. The molecule has 0 saturated carbocycles. The first-order valence-electron chi connectivity index (χ1n) is 10.3. The molecule has 34 heavy (non-hydrogen) atoms. The second-order valence-electron chi connectivity index (χ2n) is 7.52. The number of carbonyl (C=O) groups excluding carboxylic acids is 1. The van der Waals surface area contributed by atoms with Crippen LogP contribution in [0.5, 0.6) is 5.75 Å². The minimum atomic E-state index is -0.781. The lowest BCUT2D eigenvalue weighted by molar-refractivity contribution is 0.0989. The topological polar surface area (TPSA) is 115 Å². The van der Waals surface area contributed by atoms with Gasteiger partial charge in [0.15, 0.2) is 5.69 Å². The van der Waals surface area contributed by atoms with Gasteiger partial charge >= 0.3 is 5.69 Å². The maximum Gasteiger partial charge on any atom is 0.330 e. The maximum atomic E-state index is 13.4. The molecule has 0 aliphatic heterocycles. The van der Waals surface area contributed by atoms with E-state index in [1.807, 2.05) is 54.9 Å². The van der Waals surface area contributed by atoms with E-state index in [-0.39, 0.29) is 29.4 Å². The summed E-state index contributed by atoms with van der Waals surface area (Å²) in [5.41, 5.74) is 6.17. The van der Waals surface area contributed by atoms with Crippen molar-refractivity contribution >= 4 is 29.0 Å². The van der Waals surface area contributed by atoms with Crippen molar-refractivity contribution in [2.24, 2.45) is 0 Å². The number of nitrogens with two attached hydrogens (primary N) is 1. The van der Waals surface area contributed by atoms with Gasteiger partial charge in [0.25, 0.3) is 11.5 Å². The van der Waals surface area contributed by atoms with Crippen LogP contribution in [0.25, 0.3) is 5.69 Å². The first kappa shape index (κ1) is 22.9. The molecule has 4 rings (SSSR count). The van der Waals surface area contributed by atoms with Crippen molar-refractivity contribution in [3.8, 4) is 11.4 Å². The van der Waals surface area contributed by atoms with Gasteiger partial charge in [-0.25, -0.2) is 4.79 Å². The fraction of sp³-hybridized carbons (Fsp3) is 0.125. The molecule has 0 bridgehead atoms. The minimum Gasteiger partial charge on any atom is -0.496 e. The molecule has 0 saturated heterocycles. The molecule has 4 aromatic rings. The van der Waals surface area contributed by atoms with Crippen LogP contribution in [0.15, 0.2) is 76.6 Å². The fourth-order valence-electron chi connectivity index (χ4n) is 3.68. The first-order chi connectivity index (χ1) is 16.3. The molecule has 0 unspecified atom stereocenters. The molecule has 0 fully saturated rings. The predicted molar refractivity (Wildman–Crippen MR) is 131 cm³/mol. The van der Waals surface area contributed by atoms with Crippen LogP contribution in [0, 0.1) is 0 Å². The quantitative estimate of drug-likeness (QED) is 0.441. The van der Waals surface area contributed by atoms with Crippen molar-refractivity contribution in [2.75, 3.05) is 24.8 Å². The highest BCUT2D eigenvalue weighted by Crippen LogP contribution is 2.31. The van der Waals surface area contributed by atoms with Gasteiger partial charge in [-0.3, -0.25) is 19.1 Å². The number of H-pyrrole nitrogens is 1. The normalized spacial score (nSPS) is 10.8. The Hall–Kier alpha value is -4.24. The summed E-state index contributed by atoms with van der Waals surface area (Å²) in [5.74, 6) is -0.458. The van der Waals surface area contributed by atoms with Crippen molar-refractivity contribution in [3.05, 3.63) is 104 Å². The zero-order chi connectivity index (χ0) is 24.4. The minimum absolute atomic E-state index is 0.123. The molecule has 0 aliphatic carbocycles. The third-order valence-corrected chi connectivity index (χ3v) is 5.72. The highest BCUT2D eigenvalue weighted by Gasteiger charge is 2.25. The second kappa shape index (κ2) is 9.32. The number of aromatic nitrogens is 3. The number of methoxy groups -OCH3 is 1. The maximum absolute atomic E-state index is 13.4. The summed E-state index contributed by atoms with van der Waals surface area (Å²) in [4.78, 5) is 41.9. The number of ether oxygens (including phenoxy) is 1. The van der Waals surface area contributed by atoms with E-state index < -0.39 is 17.2 Å². The monoisotopic (exact) mass is 479 g/mol. The first-order valence-corrected chi connectivity index (χ1v) is 10.6. The van der Waals surface area contributed by atoms with Crippen LogP contribution in [-0.2, 0) is 6.54 Å².